The molecule has 0 spiro atoms. The maximum atomic E-state index is 5.90. The third-order valence-corrected chi connectivity index (χ3v) is 6.26. The fourth-order valence-electron chi connectivity index (χ4n) is 4.96. The molecule has 0 amide bonds. The van der Waals surface area contributed by atoms with Crippen LogP contribution in [0.4, 0.5) is 0 Å². The zero-order chi connectivity index (χ0) is 15.7. The third-order valence-electron chi connectivity index (χ3n) is 6.26. The Balaban J connectivity index is 1.50. The number of hydrogen-bond acceptors (Lipinski definition) is 2. The number of ether oxygens (including phenoxy) is 2. The van der Waals surface area contributed by atoms with Crippen molar-refractivity contribution in [3.63, 3.8) is 0 Å². The molecule has 0 bridgehead atoms. The molecule has 0 aromatic rings. The summed E-state index contributed by atoms with van der Waals surface area (Å²) < 4.78 is 11.6. The summed E-state index contributed by atoms with van der Waals surface area (Å²) in [5.74, 6) is 4.41. The minimum absolute atomic E-state index is 0.0520. The summed E-state index contributed by atoms with van der Waals surface area (Å²) in [6.07, 6.45) is 20.4. The van der Waals surface area contributed by atoms with Gasteiger partial charge in [0.15, 0.2) is 13.0 Å². The SMILES string of the molecule is C(=C\B(C1CCCCC1)C1CCCCC1)/COC1CCCCO1. The normalized spacial score (nSPS) is 28.3. The van der Waals surface area contributed by atoms with E-state index in [1.54, 1.807) is 0 Å². The molecule has 1 aliphatic heterocycles. The minimum atomic E-state index is 0.0520. The lowest BCUT2D eigenvalue weighted by molar-refractivity contribution is -0.155. The Labute approximate surface area is 143 Å². The molecule has 2 aliphatic carbocycles. The van der Waals surface area contributed by atoms with Gasteiger partial charge in [-0.2, -0.15) is 0 Å². The summed E-state index contributed by atoms with van der Waals surface area (Å²) >= 11 is 0. The molecule has 2 nitrogen and oxygen atoms in total. The summed E-state index contributed by atoms with van der Waals surface area (Å²) in [6.45, 7) is 2.42. The molecule has 1 unspecified atom stereocenters. The van der Waals surface area contributed by atoms with Crippen LogP contribution in [0.25, 0.3) is 0 Å². The van der Waals surface area contributed by atoms with Crippen molar-refractivity contribution in [2.24, 2.45) is 0 Å². The monoisotopic (exact) mass is 318 g/mol. The van der Waals surface area contributed by atoms with Gasteiger partial charge in [0, 0.05) is 6.61 Å². The van der Waals surface area contributed by atoms with Crippen LogP contribution in [0.3, 0.4) is 0 Å². The van der Waals surface area contributed by atoms with Gasteiger partial charge < -0.3 is 9.47 Å². The summed E-state index contributed by atoms with van der Waals surface area (Å²) in [5, 5.41) is 0. The molecule has 0 aromatic heterocycles. The first-order valence-electron chi connectivity index (χ1n) is 10.3. The molecular weight excluding hydrogens is 283 g/mol. The highest BCUT2D eigenvalue weighted by molar-refractivity contribution is 6.67. The molecule has 3 fully saturated rings. The summed E-state index contributed by atoms with van der Waals surface area (Å²) in [4.78, 5) is 0. The van der Waals surface area contributed by atoms with Gasteiger partial charge in [-0.15, -0.1) is 5.98 Å². The Kier molecular flexibility index (Phi) is 7.54. The second-order valence-corrected chi connectivity index (χ2v) is 7.93. The molecular formula is C20H35BO2. The predicted molar refractivity (Wildman–Crippen MR) is 98.1 cm³/mol. The first-order chi connectivity index (χ1) is 11.4. The molecule has 2 saturated carbocycles. The highest BCUT2D eigenvalue weighted by Crippen LogP contribution is 2.41. The number of hydrogen-bond donors (Lipinski definition) is 0. The van der Waals surface area contributed by atoms with E-state index in [2.05, 4.69) is 12.1 Å². The van der Waals surface area contributed by atoms with E-state index in [0.717, 1.165) is 38.0 Å². The lowest BCUT2D eigenvalue weighted by atomic mass is 9.30. The zero-order valence-electron chi connectivity index (χ0n) is 14.9. The summed E-state index contributed by atoms with van der Waals surface area (Å²) in [7, 11) is 0. The molecule has 23 heavy (non-hydrogen) atoms. The van der Waals surface area contributed by atoms with Crippen molar-refractivity contribution in [3.05, 3.63) is 12.1 Å². The molecule has 0 aromatic carbocycles. The Bertz CT molecular complexity index is 322. The van der Waals surface area contributed by atoms with Gasteiger partial charge >= 0.3 is 0 Å². The van der Waals surface area contributed by atoms with Crippen LogP contribution in [0.2, 0.25) is 11.6 Å². The van der Waals surface area contributed by atoms with E-state index < -0.39 is 0 Å². The third kappa shape index (κ3) is 5.64. The molecule has 1 saturated heterocycles. The fraction of sp³-hybridized carbons (Fsp3) is 0.900. The van der Waals surface area contributed by atoms with Crippen molar-refractivity contribution in [2.75, 3.05) is 13.2 Å². The molecule has 130 valence electrons. The largest absolute Gasteiger partial charge is 0.353 e. The molecule has 3 aliphatic rings. The molecule has 1 atom stereocenters. The quantitative estimate of drug-likeness (QED) is 0.577. The molecule has 0 N–H and O–H groups in total. The van der Waals surface area contributed by atoms with E-state index in [4.69, 9.17) is 9.47 Å². The van der Waals surface area contributed by atoms with E-state index in [0.29, 0.717) is 0 Å². The van der Waals surface area contributed by atoms with Crippen molar-refractivity contribution in [1.29, 1.82) is 0 Å². The topological polar surface area (TPSA) is 18.5 Å². The first-order valence-corrected chi connectivity index (χ1v) is 10.3. The summed E-state index contributed by atoms with van der Waals surface area (Å²) in [5.41, 5.74) is 0. The zero-order valence-corrected chi connectivity index (χ0v) is 14.9. The van der Waals surface area contributed by atoms with Crippen molar-refractivity contribution in [2.45, 2.75) is 101 Å². The maximum Gasteiger partial charge on any atom is 0.172 e. The molecule has 0 radical (unpaired) electrons. The van der Waals surface area contributed by atoms with Crippen LogP contribution >= 0.6 is 0 Å². The van der Waals surface area contributed by atoms with Crippen LogP contribution in [0.5, 0.6) is 0 Å². The van der Waals surface area contributed by atoms with Gasteiger partial charge in [0.2, 0.25) is 0 Å². The Morgan fingerprint density at radius 3 is 1.96 bits per heavy atom. The van der Waals surface area contributed by atoms with E-state index in [-0.39, 0.29) is 6.29 Å². The second-order valence-electron chi connectivity index (χ2n) is 7.93. The van der Waals surface area contributed by atoms with Crippen LogP contribution in [-0.2, 0) is 9.47 Å². The lowest BCUT2D eigenvalue weighted by Crippen LogP contribution is -2.29. The van der Waals surface area contributed by atoms with Gasteiger partial charge in [-0.3, -0.25) is 0 Å². The van der Waals surface area contributed by atoms with Crippen molar-refractivity contribution in [1.82, 2.24) is 0 Å². The van der Waals surface area contributed by atoms with Crippen molar-refractivity contribution < 1.29 is 9.47 Å². The fourth-order valence-corrected chi connectivity index (χ4v) is 4.96. The molecule has 3 heteroatoms. The van der Waals surface area contributed by atoms with Crippen LogP contribution in [0.1, 0.15) is 83.5 Å². The van der Waals surface area contributed by atoms with E-state index >= 15 is 0 Å². The smallest absolute Gasteiger partial charge is 0.172 e. The highest BCUT2D eigenvalue weighted by atomic mass is 16.7. The average molecular weight is 318 g/mol. The second kappa shape index (κ2) is 9.88. The van der Waals surface area contributed by atoms with Gasteiger partial charge in [-0.05, 0) is 19.3 Å². The first kappa shape index (κ1) is 17.5. The number of rotatable bonds is 6. The maximum absolute atomic E-state index is 5.90. The van der Waals surface area contributed by atoms with Crippen molar-refractivity contribution in [3.8, 4) is 0 Å². The van der Waals surface area contributed by atoms with Gasteiger partial charge in [-0.25, -0.2) is 0 Å². The van der Waals surface area contributed by atoms with Crippen LogP contribution < -0.4 is 0 Å². The highest BCUT2D eigenvalue weighted by Gasteiger charge is 2.32. The van der Waals surface area contributed by atoms with Crippen LogP contribution in [0, 0.1) is 0 Å². The van der Waals surface area contributed by atoms with E-state index in [1.807, 2.05) is 0 Å². The summed E-state index contributed by atoms with van der Waals surface area (Å²) in [6, 6.07) is 0. The lowest BCUT2D eigenvalue weighted by Gasteiger charge is -2.34. The Morgan fingerprint density at radius 2 is 1.39 bits per heavy atom. The Morgan fingerprint density at radius 1 is 0.783 bits per heavy atom. The van der Waals surface area contributed by atoms with Crippen LogP contribution in [0.15, 0.2) is 12.1 Å². The standard InChI is InChI=1S/C20H35BO2/c1-3-10-18(11-4-1)21(19-12-5-2-6-13-19)15-9-17-23-20-14-7-8-16-22-20/h9,15,18-20H,1-8,10-14,16-17H2/b15-9+. The minimum Gasteiger partial charge on any atom is -0.353 e. The van der Waals surface area contributed by atoms with Gasteiger partial charge in [-0.1, -0.05) is 81.9 Å². The van der Waals surface area contributed by atoms with Crippen molar-refractivity contribution >= 4 is 6.71 Å². The molecule has 3 rings (SSSR count). The van der Waals surface area contributed by atoms with E-state index in [1.165, 1.54) is 77.0 Å². The van der Waals surface area contributed by atoms with E-state index in [9.17, 15) is 0 Å². The predicted octanol–water partition coefficient (Wildman–Crippen LogP) is 5.79. The van der Waals surface area contributed by atoms with Gasteiger partial charge in [0.05, 0.1) is 6.61 Å². The average Bonchev–Trinajstić information content (AvgIpc) is 2.64. The van der Waals surface area contributed by atoms with Gasteiger partial charge in [0.1, 0.15) is 0 Å². The Hall–Kier alpha value is -0.275. The van der Waals surface area contributed by atoms with Gasteiger partial charge in [0.25, 0.3) is 0 Å². The molecule has 1 heterocycles. The van der Waals surface area contributed by atoms with Crippen LogP contribution in [-0.4, -0.2) is 26.2 Å².